The Balaban J connectivity index is 1.23. The van der Waals surface area contributed by atoms with Gasteiger partial charge in [0.25, 0.3) is 0 Å². The van der Waals surface area contributed by atoms with Crippen LogP contribution in [0.5, 0.6) is 0 Å². The quantitative estimate of drug-likeness (QED) is 0.417. The lowest BCUT2D eigenvalue weighted by Crippen LogP contribution is -2.43. The van der Waals surface area contributed by atoms with Gasteiger partial charge in [-0.3, -0.25) is 0 Å². The van der Waals surface area contributed by atoms with E-state index in [9.17, 15) is 19.1 Å². The van der Waals surface area contributed by atoms with Crippen LogP contribution in [-0.2, 0) is 14.9 Å². The van der Waals surface area contributed by atoms with Crippen molar-refractivity contribution >= 4 is 23.8 Å². The number of alkyl halides is 1. The van der Waals surface area contributed by atoms with Gasteiger partial charge in [0.2, 0.25) is 0 Å². The Morgan fingerprint density at radius 3 is 2.29 bits per heavy atom. The van der Waals surface area contributed by atoms with Crippen LogP contribution in [0.15, 0.2) is 77.7 Å². The highest BCUT2D eigenvalue weighted by atomic mass is 32.2. The van der Waals surface area contributed by atoms with Crippen molar-refractivity contribution in [3.63, 3.8) is 0 Å². The van der Waals surface area contributed by atoms with Gasteiger partial charge >= 0.3 is 12.1 Å². The Labute approximate surface area is 207 Å². The standard InChI is InChI=1S/C28H26FNO4S/c1-28(22-12-6-7-13-24(22)35-26(28)29)15-14-23(25(31)32)30-27(33)34-16-21-19-10-4-2-8-17(19)18-9-3-5-11-20(18)21/h2-13,21,23,26H,14-16H2,1H3,(H,30,33)(H,31,32)/t23-,26?,28?/m0/s1. The Kier molecular flexibility index (Phi) is 6.28. The second-order valence-electron chi connectivity index (χ2n) is 9.25. The number of thioether (sulfide) groups is 1. The maximum atomic E-state index is 14.9. The number of nitrogens with one attached hydrogen (secondary N) is 1. The number of hydrogen-bond acceptors (Lipinski definition) is 4. The Morgan fingerprint density at radius 2 is 1.63 bits per heavy atom. The van der Waals surface area contributed by atoms with Crippen LogP contribution >= 0.6 is 11.8 Å². The van der Waals surface area contributed by atoms with E-state index in [0.717, 1.165) is 44.5 Å². The number of amides is 1. The first-order chi connectivity index (χ1) is 16.9. The monoisotopic (exact) mass is 491 g/mol. The van der Waals surface area contributed by atoms with Gasteiger partial charge in [-0.15, -0.1) is 0 Å². The lowest BCUT2D eigenvalue weighted by molar-refractivity contribution is -0.139. The maximum absolute atomic E-state index is 14.9. The van der Waals surface area contributed by atoms with Gasteiger partial charge in [-0.25, -0.2) is 14.0 Å². The molecule has 0 radical (unpaired) electrons. The summed E-state index contributed by atoms with van der Waals surface area (Å²) in [5.41, 5.74) is 3.27. The highest BCUT2D eigenvalue weighted by molar-refractivity contribution is 8.00. The molecule has 3 aromatic rings. The van der Waals surface area contributed by atoms with E-state index in [1.807, 2.05) is 79.7 Å². The molecule has 7 heteroatoms. The second-order valence-corrected chi connectivity index (χ2v) is 10.3. The molecule has 180 valence electrons. The third kappa shape index (κ3) is 4.29. The molecular weight excluding hydrogens is 465 g/mol. The summed E-state index contributed by atoms with van der Waals surface area (Å²) in [5.74, 6) is -1.29. The molecule has 0 aromatic heterocycles. The van der Waals surface area contributed by atoms with Gasteiger partial charge in [0, 0.05) is 16.2 Å². The first-order valence-corrected chi connectivity index (χ1v) is 12.5. The van der Waals surface area contributed by atoms with Crippen molar-refractivity contribution in [3.05, 3.63) is 89.5 Å². The molecule has 1 aliphatic carbocycles. The Hall–Kier alpha value is -3.32. The molecule has 3 atom stereocenters. The van der Waals surface area contributed by atoms with Gasteiger partial charge < -0.3 is 15.2 Å². The lowest BCUT2D eigenvalue weighted by atomic mass is 9.79. The van der Waals surface area contributed by atoms with Gasteiger partial charge in [-0.2, -0.15) is 0 Å². The number of carbonyl (C=O) groups excluding carboxylic acids is 1. The number of fused-ring (bicyclic) bond motifs is 4. The minimum absolute atomic E-state index is 0.0886. The summed E-state index contributed by atoms with van der Waals surface area (Å²) in [4.78, 5) is 25.4. The highest BCUT2D eigenvalue weighted by Gasteiger charge is 2.44. The van der Waals surface area contributed by atoms with Gasteiger partial charge in [-0.05, 0) is 46.7 Å². The van der Waals surface area contributed by atoms with E-state index in [2.05, 4.69) is 5.32 Å². The fourth-order valence-corrected chi connectivity index (χ4v) is 6.45. The lowest BCUT2D eigenvalue weighted by Gasteiger charge is -2.28. The van der Waals surface area contributed by atoms with Crippen LogP contribution in [0.2, 0.25) is 0 Å². The molecule has 2 N–H and O–H groups in total. The molecule has 2 unspecified atom stereocenters. The van der Waals surface area contributed by atoms with Crippen LogP contribution in [0.4, 0.5) is 9.18 Å². The van der Waals surface area contributed by atoms with E-state index in [4.69, 9.17) is 4.74 Å². The summed E-state index contributed by atoms with van der Waals surface area (Å²) >= 11 is 1.16. The third-order valence-corrected chi connectivity index (χ3v) is 8.46. The molecule has 1 heterocycles. The number of benzene rings is 3. The number of halogens is 1. The average molecular weight is 492 g/mol. The number of aliphatic carboxylic acids is 1. The number of alkyl carbamates (subject to hydrolysis) is 1. The highest BCUT2D eigenvalue weighted by Crippen LogP contribution is 2.52. The molecule has 0 saturated heterocycles. The summed E-state index contributed by atoms with van der Waals surface area (Å²) in [7, 11) is 0. The smallest absolute Gasteiger partial charge is 0.407 e. The minimum Gasteiger partial charge on any atom is -0.480 e. The van der Waals surface area contributed by atoms with E-state index in [-0.39, 0.29) is 25.4 Å². The second kappa shape index (κ2) is 9.38. The fourth-order valence-electron chi connectivity index (χ4n) is 5.14. The van der Waals surface area contributed by atoms with Gasteiger partial charge in [-0.1, -0.05) is 85.4 Å². The van der Waals surface area contributed by atoms with Crippen molar-refractivity contribution in [2.75, 3.05) is 6.61 Å². The van der Waals surface area contributed by atoms with Crippen LogP contribution in [0.1, 0.15) is 42.4 Å². The van der Waals surface area contributed by atoms with E-state index in [1.54, 1.807) is 0 Å². The van der Waals surface area contributed by atoms with Gasteiger partial charge in [0.05, 0.1) is 0 Å². The SMILES string of the molecule is CC1(CC[C@H](NC(=O)OCC2c3ccccc3-c3ccccc32)C(=O)O)c2ccccc2SC1F. The summed E-state index contributed by atoms with van der Waals surface area (Å²) in [6.07, 6.45) is -0.424. The number of carboxylic acid groups (broad SMARTS) is 1. The molecule has 5 nitrogen and oxygen atoms in total. The largest absolute Gasteiger partial charge is 0.480 e. The zero-order valence-electron chi connectivity index (χ0n) is 19.2. The van der Waals surface area contributed by atoms with Crippen molar-refractivity contribution in [1.29, 1.82) is 0 Å². The molecule has 2 aliphatic rings. The van der Waals surface area contributed by atoms with Crippen LogP contribution in [0.25, 0.3) is 11.1 Å². The first-order valence-electron chi connectivity index (χ1n) is 11.6. The molecule has 5 rings (SSSR count). The Morgan fingerprint density at radius 1 is 1.03 bits per heavy atom. The molecule has 0 bridgehead atoms. The van der Waals surface area contributed by atoms with Gasteiger partial charge in [0.1, 0.15) is 12.6 Å². The minimum atomic E-state index is -1.18. The third-order valence-electron chi connectivity index (χ3n) is 7.12. The van der Waals surface area contributed by atoms with E-state index >= 15 is 0 Å². The number of carbonyl (C=O) groups is 2. The summed E-state index contributed by atoms with van der Waals surface area (Å²) in [6.45, 7) is 1.91. The molecule has 0 spiro atoms. The molecule has 3 aromatic carbocycles. The van der Waals surface area contributed by atoms with Crippen molar-refractivity contribution in [2.45, 2.75) is 47.5 Å². The van der Waals surface area contributed by atoms with Crippen molar-refractivity contribution < 1.29 is 23.8 Å². The topological polar surface area (TPSA) is 75.6 Å². The van der Waals surface area contributed by atoms with Crippen molar-refractivity contribution in [1.82, 2.24) is 5.32 Å². The van der Waals surface area contributed by atoms with E-state index in [0.29, 0.717) is 0 Å². The molecule has 1 amide bonds. The maximum Gasteiger partial charge on any atom is 0.407 e. The Bertz CT molecular complexity index is 1240. The normalized spacial score (nSPS) is 21.0. The van der Waals surface area contributed by atoms with Crippen LogP contribution in [-0.4, -0.2) is 35.3 Å². The number of hydrogen-bond donors (Lipinski definition) is 2. The van der Waals surface area contributed by atoms with E-state index in [1.165, 1.54) is 0 Å². The van der Waals surface area contributed by atoms with Crippen molar-refractivity contribution in [3.8, 4) is 11.1 Å². The molecule has 1 aliphatic heterocycles. The molecule has 0 saturated carbocycles. The van der Waals surface area contributed by atoms with Crippen molar-refractivity contribution in [2.24, 2.45) is 0 Å². The molecular formula is C28H26FNO4S. The zero-order valence-corrected chi connectivity index (χ0v) is 20.1. The fraction of sp³-hybridized carbons (Fsp3) is 0.286. The zero-order chi connectivity index (χ0) is 24.6. The number of carboxylic acids is 1. The number of rotatable bonds is 7. The summed E-state index contributed by atoms with van der Waals surface area (Å²) in [6, 6.07) is 22.3. The predicted octanol–water partition coefficient (Wildman–Crippen LogP) is 6.12. The average Bonchev–Trinajstić information content (AvgIpc) is 3.32. The predicted molar refractivity (Wildman–Crippen MR) is 133 cm³/mol. The van der Waals surface area contributed by atoms with Crippen LogP contribution < -0.4 is 5.32 Å². The van der Waals surface area contributed by atoms with Crippen LogP contribution in [0.3, 0.4) is 0 Å². The van der Waals surface area contributed by atoms with Gasteiger partial charge in [0.15, 0.2) is 5.50 Å². The molecule has 0 fully saturated rings. The molecule has 35 heavy (non-hydrogen) atoms. The summed E-state index contributed by atoms with van der Waals surface area (Å²) < 4.78 is 20.4. The first kappa shape index (κ1) is 23.4. The van der Waals surface area contributed by atoms with Crippen LogP contribution in [0, 0.1) is 0 Å². The van der Waals surface area contributed by atoms with E-state index < -0.39 is 29.0 Å². The summed E-state index contributed by atoms with van der Waals surface area (Å²) in [5, 5.41) is 12.2. The number of ether oxygens (including phenoxy) is 1.